The molecule has 14 heavy (non-hydrogen) atoms. The molecule has 1 aromatic rings. The summed E-state index contributed by atoms with van der Waals surface area (Å²) >= 11 is 0. The Labute approximate surface area is 86.1 Å². The smallest absolute Gasteiger partial charge is 0.118 e. The normalized spacial score (nSPS) is 13.8. The highest BCUT2D eigenvalue weighted by molar-refractivity contribution is 5.30. The second-order valence-electron chi connectivity index (χ2n) is 4.32. The van der Waals surface area contributed by atoms with E-state index < -0.39 is 0 Å². The molecule has 0 heterocycles. The molecule has 1 aromatic carbocycles. The van der Waals surface area contributed by atoms with E-state index in [0.717, 1.165) is 5.75 Å². The van der Waals surface area contributed by atoms with Gasteiger partial charge in [0.15, 0.2) is 0 Å². The van der Waals surface area contributed by atoms with Gasteiger partial charge in [-0.15, -0.1) is 0 Å². The molecule has 0 aromatic heterocycles. The van der Waals surface area contributed by atoms with Crippen LogP contribution in [-0.4, -0.2) is 12.6 Å². The molecular weight excluding hydrogens is 174 g/mol. The second-order valence-corrected chi connectivity index (χ2v) is 4.32. The molecule has 0 spiro atoms. The number of hydrogen-bond acceptors (Lipinski definition) is 2. The van der Waals surface area contributed by atoms with Crippen LogP contribution in [0.25, 0.3) is 0 Å². The quantitative estimate of drug-likeness (QED) is 0.800. The van der Waals surface area contributed by atoms with Crippen LogP contribution in [0.2, 0.25) is 0 Å². The van der Waals surface area contributed by atoms with E-state index in [2.05, 4.69) is 19.1 Å². The molecule has 2 heteroatoms. The van der Waals surface area contributed by atoms with Crippen LogP contribution in [0, 0.1) is 0 Å². The van der Waals surface area contributed by atoms with Gasteiger partial charge >= 0.3 is 0 Å². The summed E-state index contributed by atoms with van der Waals surface area (Å²) in [6, 6.07) is 8.07. The number of rotatable bonds is 3. The highest BCUT2D eigenvalue weighted by Crippen LogP contribution is 2.26. The molecule has 1 rings (SSSR count). The third kappa shape index (κ3) is 2.48. The molecule has 0 saturated heterocycles. The summed E-state index contributed by atoms with van der Waals surface area (Å²) in [5.74, 6) is 1.23. The number of nitrogens with two attached hydrogens (primary N) is 1. The van der Waals surface area contributed by atoms with Crippen LogP contribution >= 0.6 is 0 Å². The Morgan fingerprint density at radius 1 is 1.21 bits per heavy atom. The van der Waals surface area contributed by atoms with Crippen molar-refractivity contribution in [3.63, 3.8) is 0 Å². The average molecular weight is 193 g/mol. The maximum absolute atomic E-state index is 6.05. The van der Waals surface area contributed by atoms with Crippen LogP contribution in [0.3, 0.4) is 0 Å². The Morgan fingerprint density at radius 3 is 2.07 bits per heavy atom. The Balaban J connectivity index is 2.87. The van der Waals surface area contributed by atoms with Crippen molar-refractivity contribution >= 4 is 0 Å². The lowest BCUT2D eigenvalue weighted by atomic mass is 9.84. The lowest BCUT2D eigenvalue weighted by Crippen LogP contribution is -2.37. The first-order valence-electron chi connectivity index (χ1n) is 4.88. The van der Waals surface area contributed by atoms with Gasteiger partial charge in [-0.05, 0) is 37.5 Å². The van der Waals surface area contributed by atoms with E-state index in [4.69, 9.17) is 10.5 Å². The fraction of sp³-hybridized carbons (Fsp3) is 0.500. The van der Waals surface area contributed by atoms with Gasteiger partial charge in [0.25, 0.3) is 0 Å². The van der Waals surface area contributed by atoms with Gasteiger partial charge in [0.1, 0.15) is 5.75 Å². The molecule has 0 radical (unpaired) electrons. The standard InChI is InChI=1S/C12H19NO/c1-9(12(2,3)13)10-5-7-11(14-4)8-6-10/h5-9H,13H2,1-4H3. The van der Waals surface area contributed by atoms with Crippen molar-refractivity contribution in [1.82, 2.24) is 0 Å². The Morgan fingerprint density at radius 2 is 1.71 bits per heavy atom. The fourth-order valence-electron chi connectivity index (χ4n) is 1.32. The predicted octanol–water partition coefficient (Wildman–Crippen LogP) is 2.54. The second kappa shape index (κ2) is 4.01. The summed E-state index contributed by atoms with van der Waals surface area (Å²) in [6.45, 7) is 6.23. The molecule has 0 aliphatic heterocycles. The topological polar surface area (TPSA) is 35.2 Å². The Kier molecular flexibility index (Phi) is 3.17. The van der Waals surface area contributed by atoms with Crippen LogP contribution < -0.4 is 10.5 Å². The largest absolute Gasteiger partial charge is 0.497 e. The molecular formula is C12H19NO. The van der Waals surface area contributed by atoms with Crippen molar-refractivity contribution < 1.29 is 4.74 Å². The van der Waals surface area contributed by atoms with Crippen molar-refractivity contribution in [2.24, 2.45) is 5.73 Å². The van der Waals surface area contributed by atoms with E-state index in [9.17, 15) is 0 Å². The molecule has 0 amide bonds. The van der Waals surface area contributed by atoms with E-state index in [0.29, 0.717) is 5.92 Å². The molecule has 78 valence electrons. The fourth-order valence-corrected chi connectivity index (χ4v) is 1.32. The van der Waals surface area contributed by atoms with Crippen molar-refractivity contribution in [1.29, 1.82) is 0 Å². The van der Waals surface area contributed by atoms with Gasteiger partial charge in [0.05, 0.1) is 7.11 Å². The summed E-state index contributed by atoms with van der Waals surface area (Å²) in [5, 5.41) is 0. The minimum atomic E-state index is -0.186. The molecule has 1 atom stereocenters. The third-order valence-corrected chi connectivity index (χ3v) is 2.73. The minimum absolute atomic E-state index is 0.186. The first kappa shape index (κ1) is 11.1. The highest BCUT2D eigenvalue weighted by Gasteiger charge is 2.21. The van der Waals surface area contributed by atoms with Crippen molar-refractivity contribution in [2.45, 2.75) is 32.2 Å². The van der Waals surface area contributed by atoms with E-state index in [-0.39, 0.29) is 5.54 Å². The SMILES string of the molecule is COc1ccc(C(C)C(C)(C)N)cc1. The van der Waals surface area contributed by atoms with Crippen molar-refractivity contribution in [2.75, 3.05) is 7.11 Å². The predicted molar refractivity (Wildman–Crippen MR) is 59.7 cm³/mol. The van der Waals surface area contributed by atoms with Gasteiger partial charge in [-0.25, -0.2) is 0 Å². The van der Waals surface area contributed by atoms with Crippen LogP contribution in [0.15, 0.2) is 24.3 Å². The van der Waals surface area contributed by atoms with Crippen molar-refractivity contribution in [3.8, 4) is 5.75 Å². The summed E-state index contributed by atoms with van der Waals surface area (Å²) < 4.78 is 5.10. The molecule has 2 N–H and O–H groups in total. The zero-order valence-electron chi connectivity index (χ0n) is 9.37. The van der Waals surface area contributed by atoms with Gasteiger partial charge in [0, 0.05) is 5.54 Å². The number of methoxy groups -OCH3 is 1. The van der Waals surface area contributed by atoms with Gasteiger partial charge in [-0.1, -0.05) is 19.1 Å². The average Bonchev–Trinajstić information content (AvgIpc) is 2.15. The molecule has 0 aliphatic rings. The van der Waals surface area contributed by atoms with Crippen LogP contribution in [0.4, 0.5) is 0 Å². The van der Waals surface area contributed by atoms with E-state index in [1.165, 1.54) is 5.56 Å². The van der Waals surface area contributed by atoms with Gasteiger partial charge in [0.2, 0.25) is 0 Å². The third-order valence-electron chi connectivity index (χ3n) is 2.73. The van der Waals surface area contributed by atoms with E-state index in [1.807, 2.05) is 26.0 Å². The maximum atomic E-state index is 6.05. The monoisotopic (exact) mass is 193 g/mol. The molecule has 2 nitrogen and oxygen atoms in total. The highest BCUT2D eigenvalue weighted by atomic mass is 16.5. The molecule has 0 fully saturated rings. The molecule has 0 bridgehead atoms. The zero-order valence-corrected chi connectivity index (χ0v) is 9.37. The van der Waals surface area contributed by atoms with Gasteiger partial charge < -0.3 is 10.5 Å². The summed E-state index contributed by atoms with van der Waals surface area (Å²) in [7, 11) is 1.67. The Bertz CT molecular complexity index is 284. The van der Waals surface area contributed by atoms with Crippen LogP contribution in [-0.2, 0) is 0 Å². The van der Waals surface area contributed by atoms with Gasteiger partial charge in [-0.2, -0.15) is 0 Å². The Hall–Kier alpha value is -1.02. The van der Waals surface area contributed by atoms with Crippen LogP contribution in [0.1, 0.15) is 32.3 Å². The van der Waals surface area contributed by atoms with Crippen molar-refractivity contribution in [3.05, 3.63) is 29.8 Å². The summed E-state index contributed by atoms with van der Waals surface area (Å²) in [5.41, 5.74) is 7.11. The molecule has 1 unspecified atom stereocenters. The van der Waals surface area contributed by atoms with Gasteiger partial charge in [-0.3, -0.25) is 0 Å². The summed E-state index contributed by atoms with van der Waals surface area (Å²) in [4.78, 5) is 0. The maximum Gasteiger partial charge on any atom is 0.118 e. The lowest BCUT2D eigenvalue weighted by molar-refractivity contribution is 0.412. The molecule has 0 aliphatic carbocycles. The number of benzene rings is 1. The van der Waals surface area contributed by atoms with E-state index >= 15 is 0 Å². The minimum Gasteiger partial charge on any atom is -0.497 e. The van der Waals surface area contributed by atoms with Crippen LogP contribution in [0.5, 0.6) is 5.75 Å². The van der Waals surface area contributed by atoms with E-state index in [1.54, 1.807) is 7.11 Å². The first-order valence-corrected chi connectivity index (χ1v) is 4.88. The lowest BCUT2D eigenvalue weighted by Gasteiger charge is -2.27. The number of hydrogen-bond donors (Lipinski definition) is 1. The number of ether oxygens (including phenoxy) is 1. The first-order chi connectivity index (χ1) is 6.45. The zero-order chi connectivity index (χ0) is 10.8. The summed E-state index contributed by atoms with van der Waals surface area (Å²) in [6.07, 6.45) is 0. The molecule has 0 saturated carbocycles.